The molecule has 1 aliphatic rings. The Hall–Kier alpha value is -0.570. The molecule has 0 aliphatic heterocycles. The number of Topliss-reactive ketones (excluding diaryl/α,β-unsaturated/α-hetero) is 1. The molecule has 0 radical (unpaired) electrons. The first-order chi connectivity index (χ1) is 6.66. The zero-order chi connectivity index (χ0) is 10.6. The van der Waals surface area contributed by atoms with Crippen molar-refractivity contribution in [3.63, 3.8) is 0 Å². The number of rotatable bonds is 3. The van der Waals surface area contributed by atoms with E-state index >= 15 is 0 Å². The van der Waals surface area contributed by atoms with Gasteiger partial charge in [-0.05, 0) is 12.8 Å². The minimum atomic E-state index is -1.11. The SMILES string of the molecule is COC(=O)C(Cl)C(=O)C1CCCCC1. The third kappa shape index (κ3) is 2.71. The van der Waals surface area contributed by atoms with Crippen LogP contribution in [-0.2, 0) is 14.3 Å². The van der Waals surface area contributed by atoms with Crippen molar-refractivity contribution in [2.75, 3.05) is 7.11 Å². The van der Waals surface area contributed by atoms with Crippen molar-refractivity contribution in [2.24, 2.45) is 5.92 Å². The first-order valence-electron chi connectivity index (χ1n) is 4.92. The molecule has 1 atom stereocenters. The number of hydrogen-bond donors (Lipinski definition) is 0. The molecule has 0 aromatic heterocycles. The number of halogens is 1. The summed E-state index contributed by atoms with van der Waals surface area (Å²) in [6.07, 6.45) is 5.01. The summed E-state index contributed by atoms with van der Waals surface area (Å²) in [7, 11) is 1.24. The summed E-state index contributed by atoms with van der Waals surface area (Å²) < 4.78 is 4.43. The average Bonchev–Trinajstić information content (AvgIpc) is 2.27. The van der Waals surface area contributed by atoms with Crippen molar-refractivity contribution in [1.29, 1.82) is 0 Å². The van der Waals surface area contributed by atoms with Gasteiger partial charge in [-0.3, -0.25) is 4.79 Å². The van der Waals surface area contributed by atoms with E-state index in [4.69, 9.17) is 11.6 Å². The van der Waals surface area contributed by atoms with E-state index in [1.807, 2.05) is 0 Å². The molecule has 1 saturated carbocycles. The van der Waals surface area contributed by atoms with Crippen molar-refractivity contribution in [3.05, 3.63) is 0 Å². The summed E-state index contributed by atoms with van der Waals surface area (Å²) in [6, 6.07) is 0. The van der Waals surface area contributed by atoms with E-state index in [1.54, 1.807) is 0 Å². The molecule has 1 rings (SSSR count). The lowest BCUT2D eigenvalue weighted by Gasteiger charge is -2.21. The van der Waals surface area contributed by atoms with E-state index in [0.29, 0.717) is 0 Å². The lowest BCUT2D eigenvalue weighted by molar-refractivity contribution is -0.143. The summed E-state index contributed by atoms with van der Waals surface area (Å²) in [6.45, 7) is 0. The Morgan fingerprint density at radius 1 is 1.29 bits per heavy atom. The van der Waals surface area contributed by atoms with Crippen LogP contribution in [0, 0.1) is 5.92 Å². The molecule has 14 heavy (non-hydrogen) atoms. The Morgan fingerprint density at radius 3 is 2.36 bits per heavy atom. The molecule has 4 heteroatoms. The molecule has 0 heterocycles. The normalized spacial score (nSPS) is 20.1. The highest BCUT2D eigenvalue weighted by Crippen LogP contribution is 2.26. The molecule has 0 amide bonds. The summed E-state index contributed by atoms with van der Waals surface area (Å²) in [4.78, 5) is 22.7. The Balaban J connectivity index is 2.50. The van der Waals surface area contributed by atoms with E-state index < -0.39 is 11.3 Å². The Bertz CT molecular complexity index is 221. The third-order valence-corrected chi connectivity index (χ3v) is 3.06. The van der Waals surface area contributed by atoms with Crippen LogP contribution in [0.3, 0.4) is 0 Å². The molecule has 0 bridgehead atoms. The average molecular weight is 219 g/mol. The van der Waals surface area contributed by atoms with Gasteiger partial charge in [-0.2, -0.15) is 0 Å². The third-order valence-electron chi connectivity index (χ3n) is 2.67. The maximum absolute atomic E-state index is 11.7. The van der Waals surface area contributed by atoms with Gasteiger partial charge in [0.05, 0.1) is 7.11 Å². The summed E-state index contributed by atoms with van der Waals surface area (Å²) in [5.74, 6) is -0.842. The molecule has 80 valence electrons. The first kappa shape index (κ1) is 11.5. The Morgan fingerprint density at radius 2 is 1.86 bits per heavy atom. The van der Waals surface area contributed by atoms with Crippen LogP contribution in [0.1, 0.15) is 32.1 Å². The molecule has 0 N–H and O–H groups in total. The van der Waals surface area contributed by atoms with Crippen LogP contribution < -0.4 is 0 Å². The summed E-state index contributed by atoms with van der Waals surface area (Å²) in [5, 5.41) is -1.11. The van der Waals surface area contributed by atoms with Gasteiger partial charge >= 0.3 is 5.97 Å². The van der Waals surface area contributed by atoms with Crippen LogP contribution in [-0.4, -0.2) is 24.2 Å². The van der Waals surface area contributed by atoms with Crippen LogP contribution in [0.4, 0.5) is 0 Å². The van der Waals surface area contributed by atoms with Gasteiger partial charge < -0.3 is 4.74 Å². The second-order valence-corrected chi connectivity index (χ2v) is 4.06. The fourth-order valence-corrected chi connectivity index (χ4v) is 2.08. The van der Waals surface area contributed by atoms with Crippen LogP contribution in [0.5, 0.6) is 0 Å². The number of hydrogen-bond acceptors (Lipinski definition) is 3. The quantitative estimate of drug-likeness (QED) is 0.413. The number of methoxy groups -OCH3 is 1. The topological polar surface area (TPSA) is 43.4 Å². The maximum atomic E-state index is 11.7. The van der Waals surface area contributed by atoms with Gasteiger partial charge in [-0.25, -0.2) is 4.79 Å². The largest absolute Gasteiger partial charge is 0.468 e. The predicted molar refractivity (Wildman–Crippen MR) is 53.2 cm³/mol. The van der Waals surface area contributed by atoms with Gasteiger partial charge in [0.2, 0.25) is 0 Å². The van der Waals surface area contributed by atoms with E-state index in [0.717, 1.165) is 25.7 Å². The van der Waals surface area contributed by atoms with Crippen LogP contribution in [0.25, 0.3) is 0 Å². The molecule has 1 fully saturated rings. The van der Waals surface area contributed by atoms with Gasteiger partial charge in [0, 0.05) is 5.92 Å². The molecular formula is C10H15ClO3. The van der Waals surface area contributed by atoms with Crippen molar-refractivity contribution in [3.8, 4) is 0 Å². The number of carbonyl (C=O) groups excluding carboxylic acids is 2. The van der Waals surface area contributed by atoms with Crippen molar-refractivity contribution in [2.45, 2.75) is 37.5 Å². The lowest BCUT2D eigenvalue weighted by atomic mass is 9.85. The highest BCUT2D eigenvalue weighted by molar-refractivity contribution is 6.41. The van der Waals surface area contributed by atoms with Crippen molar-refractivity contribution >= 4 is 23.4 Å². The van der Waals surface area contributed by atoms with Gasteiger partial charge in [-0.15, -0.1) is 11.6 Å². The fraction of sp³-hybridized carbons (Fsp3) is 0.800. The first-order valence-corrected chi connectivity index (χ1v) is 5.36. The highest BCUT2D eigenvalue weighted by Gasteiger charge is 2.31. The zero-order valence-corrected chi connectivity index (χ0v) is 9.05. The fourth-order valence-electron chi connectivity index (χ4n) is 1.81. The molecule has 1 unspecified atom stereocenters. The van der Waals surface area contributed by atoms with Gasteiger partial charge in [-0.1, -0.05) is 19.3 Å². The summed E-state index contributed by atoms with van der Waals surface area (Å²) in [5.41, 5.74) is 0. The molecule has 1 aliphatic carbocycles. The maximum Gasteiger partial charge on any atom is 0.331 e. The second kappa shape index (κ2) is 5.35. The van der Waals surface area contributed by atoms with Crippen molar-refractivity contribution < 1.29 is 14.3 Å². The minimum absolute atomic E-state index is 0.0367. The van der Waals surface area contributed by atoms with E-state index in [9.17, 15) is 9.59 Å². The van der Waals surface area contributed by atoms with Gasteiger partial charge in [0.1, 0.15) is 0 Å². The van der Waals surface area contributed by atoms with Crippen LogP contribution in [0.15, 0.2) is 0 Å². The molecule has 0 saturated heterocycles. The lowest BCUT2D eigenvalue weighted by Crippen LogP contribution is -2.32. The van der Waals surface area contributed by atoms with Gasteiger partial charge in [0.15, 0.2) is 11.2 Å². The molecule has 3 nitrogen and oxygen atoms in total. The molecular weight excluding hydrogens is 204 g/mol. The van der Waals surface area contributed by atoms with E-state index in [-0.39, 0.29) is 11.7 Å². The monoisotopic (exact) mass is 218 g/mol. The van der Waals surface area contributed by atoms with E-state index in [1.165, 1.54) is 13.5 Å². The minimum Gasteiger partial charge on any atom is -0.468 e. The van der Waals surface area contributed by atoms with Crippen LogP contribution in [0.2, 0.25) is 0 Å². The van der Waals surface area contributed by atoms with Crippen molar-refractivity contribution in [1.82, 2.24) is 0 Å². The predicted octanol–water partition coefficient (Wildman–Crippen LogP) is 1.92. The Kier molecular flexibility index (Phi) is 4.39. The number of alkyl halides is 1. The molecule has 0 spiro atoms. The number of esters is 1. The zero-order valence-electron chi connectivity index (χ0n) is 8.29. The molecule has 0 aromatic rings. The Labute approximate surface area is 88.8 Å². The second-order valence-electron chi connectivity index (χ2n) is 3.62. The number of ether oxygens (including phenoxy) is 1. The summed E-state index contributed by atoms with van der Waals surface area (Å²) >= 11 is 5.69. The van der Waals surface area contributed by atoms with Crippen LogP contribution >= 0.6 is 11.6 Å². The van der Waals surface area contributed by atoms with Gasteiger partial charge in [0.25, 0.3) is 0 Å². The molecule has 0 aromatic carbocycles. The smallest absolute Gasteiger partial charge is 0.331 e. The number of carbonyl (C=O) groups is 2. The number of ketones is 1. The van der Waals surface area contributed by atoms with E-state index in [2.05, 4.69) is 4.74 Å². The highest BCUT2D eigenvalue weighted by atomic mass is 35.5. The standard InChI is InChI=1S/C10H15ClO3/c1-14-10(13)8(11)9(12)7-5-3-2-4-6-7/h7-8H,2-6H2,1H3.